The number of aliphatic hydroxyl groups is 1. The summed E-state index contributed by atoms with van der Waals surface area (Å²) in [5.41, 5.74) is 0. The Hall–Kier alpha value is -0.380. The second-order valence-corrected chi connectivity index (χ2v) is 6.28. The Morgan fingerprint density at radius 3 is 2.26 bits per heavy atom. The second kappa shape index (κ2) is 6.87. The summed E-state index contributed by atoms with van der Waals surface area (Å²) >= 11 is 0. The molecule has 1 fully saturated rings. The van der Waals surface area contributed by atoms with E-state index in [1.807, 2.05) is 0 Å². The summed E-state index contributed by atoms with van der Waals surface area (Å²) in [4.78, 5) is 0. The Morgan fingerprint density at radius 2 is 1.79 bits per heavy atom. The van der Waals surface area contributed by atoms with Gasteiger partial charge in [0.25, 0.3) is 10.2 Å². The van der Waals surface area contributed by atoms with E-state index in [0.717, 1.165) is 23.6 Å². The Balaban J connectivity index is 2.72. The number of aliphatic hydroxyl groups excluding tert-OH is 1. The van der Waals surface area contributed by atoms with Crippen LogP contribution in [0, 0.1) is 0 Å². The van der Waals surface area contributed by atoms with Gasteiger partial charge in [0.1, 0.15) is 6.54 Å². The van der Waals surface area contributed by atoms with Crippen molar-refractivity contribution in [2.24, 2.45) is 0 Å². The van der Waals surface area contributed by atoms with Crippen molar-refractivity contribution in [3.63, 3.8) is 0 Å². The zero-order valence-corrected chi connectivity index (χ0v) is 11.3. The normalized spacial score (nSPS) is 19.0. The van der Waals surface area contributed by atoms with Crippen molar-refractivity contribution >= 4 is 10.2 Å². The molecule has 0 unspecified atom stereocenters. The molecular weight excluding hydrogens is 285 g/mol. The van der Waals surface area contributed by atoms with Crippen LogP contribution in [0.3, 0.4) is 0 Å². The first kappa shape index (κ1) is 16.7. The Kier molecular flexibility index (Phi) is 6.03. The summed E-state index contributed by atoms with van der Waals surface area (Å²) in [6.07, 6.45) is -0.660. The van der Waals surface area contributed by atoms with Gasteiger partial charge in [0.15, 0.2) is 0 Å². The van der Waals surface area contributed by atoms with E-state index < -0.39 is 29.5 Å². The van der Waals surface area contributed by atoms with E-state index in [4.69, 9.17) is 5.11 Å². The summed E-state index contributed by atoms with van der Waals surface area (Å²) in [5, 5.41) is 8.90. The van der Waals surface area contributed by atoms with E-state index in [1.54, 1.807) is 4.72 Å². The predicted molar refractivity (Wildman–Crippen MR) is 63.6 cm³/mol. The third kappa shape index (κ3) is 5.64. The molecule has 9 heteroatoms. The van der Waals surface area contributed by atoms with E-state index in [1.165, 1.54) is 0 Å². The zero-order valence-electron chi connectivity index (χ0n) is 10.5. The van der Waals surface area contributed by atoms with E-state index in [-0.39, 0.29) is 12.6 Å². The van der Waals surface area contributed by atoms with Crippen molar-refractivity contribution in [2.45, 2.75) is 44.3 Å². The maximum atomic E-state index is 12.1. The standard InChI is InChI=1S/C10H19F3N2O3S/c11-10(12,13)8-14-19(17,18)15(6-7-16)9-4-2-1-3-5-9/h9,14,16H,1-8H2. The summed E-state index contributed by atoms with van der Waals surface area (Å²) in [5.74, 6) is 0. The van der Waals surface area contributed by atoms with Crippen molar-refractivity contribution in [3.05, 3.63) is 0 Å². The topological polar surface area (TPSA) is 69.6 Å². The van der Waals surface area contributed by atoms with Crippen molar-refractivity contribution in [3.8, 4) is 0 Å². The maximum absolute atomic E-state index is 12.1. The summed E-state index contributed by atoms with van der Waals surface area (Å²) in [7, 11) is -4.21. The molecule has 0 radical (unpaired) electrons. The van der Waals surface area contributed by atoms with Crippen LogP contribution in [0.15, 0.2) is 0 Å². The van der Waals surface area contributed by atoms with Crippen LogP contribution in [-0.2, 0) is 10.2 Å². The smallest absolute Gasteiger partial charge is 0.395 e. The fourth-order valence-corrected chi connectivity index (χ4v) is 3.66. The fourth-order valence-electron chi connectivity index (χ4n) is 2.22. The van der Waals surface area contributed by atoms with Crippen molar-refractivity contribution < 1.29 is 26.7 Å². The molecule has 0 atom stereocenters. The number of hydrogen-bond acceptors (Lipinski definition) is 3. The Bertz CT molecular complexity index is 367. The van der Waals surface area contributed by atoms with Gasteiger partial charge in [0.05, 0.1) is 6.61 Å². The molecule has 0 heterocycles. The molecule has 0 spiro atoms. The van der Waals surface area contributed by atoms with Crippen LogP contribution in [0.5, 0.6) is 0 Å². The van der Waals surface area contributed by atoms with Crippen molar-refractivity contribution in [1.29, 1.82) is 0 Å². The van der Waals surface area contributed by atoms with E-state index in [9.17, 15) is 21.6 Å². The number of alkyl halides is 3. The van der Waals surface area contributed by atoms with E-state index in [2.05, 4.69) is 0 Å². The molecule has 5 nitrogen and oxygen atoms in total. The quantitative estimate of drug-likeness (QED) is 0.769. The summed E-state index contributed by atoms with van der Waals surface area (Å²) in [6.45, 7) is -2.19. The van der Waals surface area contributed by atoms with Crippen LogP contribution < -0.4 is 4.72 Å². The minimum absolute atomic E-state index is 0.183. The molecule has 1 saturated carbocycles. The molecule has 0 aromatic carbocycles. The molecule has 0 bridgehead atoms. The first-order chi connectivity index (χ1) is 8.76. The molecular formula is C10H19F3N2O3S. The largest absolute Gasteiger partial charge is 0.402 e. The first-order valence-electron chi connectivity index (χ1n) is 6.20. The molecule has 2 N–H and O–H groups in total. The highest BCUT2D eigenvalue weighted by atomic mass is 32.2. The minimum atomic E-state index is -4.59. The predicted octanol–water partition coefficient (Wildman–Crippen LogP) is 1.01. The first-order valence-corrected chi connectivity index (χ1v) is 7.64. The molecule has 1 rings (SSSR count). The average Bonchev–Trinajstić information content (AvgIpc) is 2.34. The lowest BCUT2D eigenvalue weighted by Gasteiger charge is -2.33. The number of nitrogens with zero attached hydrogens (tertiary/aromatic N) is 1. The maximum Gasteiger partial charge on any atom is 0.402 e. The summed E-state index contributed by atoms with van der Waals surface area (Å²) in [6, 6.07) is -0.327. The van der Waals surface area contributed by atoms with Crippen molar-refractivity contribution in [1.82, 2.24) is 9.03 Å². The van der Waals surface area contributed by atoms with Gasteiger partial charge < -0.3 is 5.11 Å². The minimum Gasteiger partial charge on any atom is -0.395 e. The van der Waals surface area contributed by atoms with Gasteiger partial charge in [-0.3, -0.25) is 0 Å². The van der Waals surface area contributed by atoms with Gasteiger partial charge in [0.2, 0.25) is 0 Å². The van der Waals surface area contributed by atoms with Gasteiger partial charge in [-0.15, -0.1) is 0 Å². The highest BCUT2D eigenvalue weighted by Gasteiger charge is 2.34. The molecule has 0 saturated heterocycles. The summed E-state index contributed by atoms with van der Waals surface area (Å²) < 4.78 is 62.5. The third-order valence-corrected chi connectivity index (χ3v) is 4.67. The van der Waals surface area contributed by atoms with Gasteiger partial charge in [-0.2, -0.15) is 30.6 Å². The molecule has 0 aromatic rings. The Morgan fingerprint density at radius 1 is 1.21 bits per heavy atom. The van der Waals surface area contributed by atoms with Crippen LogP contribution in [0.2, 0.25) is 0 Å². The Labute approximate surface area is 111 Å². The molecule has 114 valence electrons. The van der Waals surface area contributed by atoms with Crippen LogP contribution in [0.4, 0.5) is 13.2 Å². The number of halogens is 3. The molecule has 0 aliphatic heterocycles. The van der Waals surface area contributed by atoms with Crippen LogP contribution in [0.1, 0.15) is 32.1 Å². The van der Waals surface area contributed by atoms with Gasteiger partial charge in [-0.25, -0.2) is 0 Å². The highest BCUT2D eigenvalue weighted by molar-refractivity contribution is 7.87. The van der Waals surface area contributed by atoms with Gasteiger partial charge in [-0.05, 0) is 12.8 Å². The molecule has 0 aromatic heterocycles. The third-order valence-electron chi connectivity index (χ3n) is 3.07. The average molecular weight is 304 g/mol. The number of nitrogens with one attached hydrogen (secondary N) is 1. The highest BCUT2D eigenvalue weighted by Crippen LogP contribution is 2.24. The number of hydrogen-bond donors (Lipinski definition) is 2. The van der Waals surface area contributed by atoms with Crippen LogP contribution >= 0.6 is 0 Å². The molecule has 0 amide bonds. The monoisotopic (exact) mass is 304 g/mol. The van der Waals surface area contributed by atoms with Crippen LogP contribution in [-0.4, -0.2) is 49.7 Å². The van der Waals surface area contributed by atoms with E-state index in [0.29, 0.717) is 12.8 Å². The fraction of sp³-hybridized carbons (Fsp3) is 1.00. The molecule has 1 aliphatic rings. The lowest BCUT2D eigenvalue weighted by Crippen LogP contribution is -2.50. The van der Waals surface area contributed by atoms with Gasteiger partial charge in [0, 0.05) is 12.6 Å². The second-order valence-electron chi connectivity index (χ2n) is 4.57. The number of rotatable bonds is 6. The van der Waals surface area contributed by atoms with Gasteiger partial charge in [-0.1, -0.05) is 19.3 Å². The lowest BCUT2D eigenvalue weighted by molar-refractivity contribution is -0.121. The lowest BCUT2D eigenvalue weighted by atomic mass is 9.95. The van der Waals surface area contributed by atoms with Crippen LogP contribution in [0.25, 0.3) is 0 Å². The SMILES string of the molecule is O=S(=O)(NCC(F)(F)F)N(CCO)C1CCCCC1. The van der Waals surface area contributed by atoms with Crippen molar-refractivity contribution in [2.75, 3.05) is 19.7 Å². The molecule has 19 heavy (non-hydrogen) atoms. The van der Waals surface area contributed by atoms with Gasteiger partial charge >= 0.3 is 6.18 Å². The van der Waals surface area contributed by atoms with E-state index >= 15 is 0 Å². The molecule has 1 aliphatic carbocycles. The zero-order chi connectivity index (χ0) is 14.5.